The number of anilines is 1. The summed E-state index contributed by atoms with van der Waals surface area (Å²) in [4.78, 5) is 14.6. The van der Waals surface area contributed by atoms with Gasteiger partial charge in [-0.2, -0.15) is 0 Å². The Morgan fingerprint density at radius 1 is 1.30 bits per heavy atom. The molecule has 0 aliphatic heterocycles. The molecule has 2 rings (SSSR count). The Morgan fingerprint density at radius 2 is 2.05 bits per heavy atom. The third-order valence-electron chi connectivity index (χ3n) is 2.73. The molecule has 1 heterocycles. The highest BCUT2D eigenvalue weighted by Gasteiger charge is 2.08. The van der Waals surface area contributed by atoms with Gasteiger partial charge in [-0.3, -0.25) is 0 Å². The molecule has 0 radical (unpaired) electrons. The normalized spacial score (nSPS) is 10.3. The van der Waals surface area contributed by atoms with E-state index in [0.29, 0.717) is 5.69 Å². The Labute approximate surface area is 114 Å². The van der Waals surface area contributed by atoms with Crippen LogP contribution in [0.15, 0.2) is 30.3 Å². The molecular formula is C14H12F2N2O2. The molecule has 2 N–H and O–H groups in total. The Morgan fingerprint density at radius 3 is 2.75 bits per heavy atom. The summed E-state index contributed by atoms with van der Waals surface area (Å²) in [5, 5.41) is 11.5. The first kappa shape index (κ1) is 13.9. The second-order valence-electron chi connectivity index (χ2n) is 4.25. The Balaban J connectivity index is 2.15. The van der Waals surface area contributed by atoms with Gasteiger partial charge in [0.1, 0.15) is 17.3 Å². The van der Waals surface area contributed by atoms with Crippen molar-refractivity contribution in [3.8, 4) is 0 Å². The predicted molar refractivity (Wildman–Crippen MR) is 69.6 cm³/mol. The summed E-state index contributed by atoms with van der Waals surface area (Å²) in [5.41, 5.74) is 0.555. The zero-order chi connectivity index (χ0) is 14.7. The lowest BCUT2D eigenvalue weighted by molar-refractivity contribution is 0.0690. The van der Waals surface area contributed by atoms with Gasteiger partial charge in [0.2, 0.25) is 0 Å². The molecule has 0 saturated carbocycles. The van der Waals surface area contributed by atoms with Crippen molar-refractivity contribution in [3.63, 3.8) is 0 Å². The molecule has 0 amide bonds. The molecule has 0 spiro atoms. The highest BCUT2D eigenvalue weighted by Crippen LogP contribution is 2.19. The van der Waals surface area contributed by atoms with Crippen LogP contribution >= 0.6 is 0 Å². The predicted octanol–water partition coefficient (Wildman–Crippen LogP) is 2.98. The molecular weight excluding hydrogens is 266 g/mol. The fourth-order valence-corrected chi connectivity index (χ4v) is 1.66. The van der Waals surface area contributed by atoms with Gasteiger partial charge in [0.05, 0.1) is 17.9 Å². The van der Waals surface area contributed by atoms with Crippen LogP contribution in [0.4, 0.5) is 14.5 Å². The quantitative estimate of drug-likeness (QED) is 0.902. The first-order valence-corrected chi connectivity index (χ1v) is 5.86. The van der Waals surface area contributed by atoms with Crippen LogP contribution in [0.5, 0.6) is 0 Å². The van der Waals surface area contributed by atoms with Crippen LogP contribution in [-0.4, -0.2) is 16.1 Å². The van der Waals surface area contributed by atoms with Gasteiger partial charge >= 0.3 is 5.97 Å². The molecule has 0 aliphatic rings. The number of aromatic carboxylic acids is 1. The lowest BCUT2D eigenvalue weighted by Crippen LogP contribution is -2.07. The lowest BCUT2D eigenvalue weighted by atomic mass is 10.2. The van der Waals surface area contributed by atoms with Crippen LogP contribution < -0.4 is 5.32 Å². The Kier molecular flexibility index (Phi) is 3.93. The smallest absolute Gasteiger partial charge is 0.354 e. The molecule has 0 fully saturated rings. The van der Waals surface area contributed by atoms with E-state index in [2.05, 4.69) is 10.3 Å². The maximum atomic E-state index is 13.6. The van der Waals surface area contributed by atoms with E-state index < -0.39 is 17.6 Å². The molecule has 104 valence electrons. The fourth-order valence-electron chi connectivity index (χ4n) is 1.66. The van der Waals surface area contributed by atoms with Crippen molar-refractivity contribution >= 4 is 11.7 Å². The number of pyridine rings is 1. The second-order valence-corrected chi connectivity index (χ2v) is 4.25. The van der Waals surface area contributed by atoms with Gasteiger partial charge in [0.15, 0.2) is 0 Å². The van der Waals surface area contributed by atoms with Gasteiger partial charge in [-0.05, 0) is 30.7 Å². The average molecular weight is 278 g/mol. The van der Waals surface area contributed by atoms with Crippen LogP contribution in [-0.2, 0) is 6.54 Å². The summed E-state index contributed by atoms with van der Waals surface area (Å²) in [6.45, 7) is 1.57. The highest BCUT2D eigenvalue weighted by atomic mass is 19.1. The van der Waals surface area contributed by atoms with Gasteiger partial charge < -0.3 is 10.4 Å². The molecule has 2 aromatic rings. The van der Waals surface area contributed by atoms with Crippen molar-refractivity contribution in [2.75, 3.05) is 5.32 Å². The highest BCUT2D eigenvalue weighted by molar-refractivity contribution is 5.85. The van der Waals surface area contributed by atoms with Crippen LogP contribution in [0, 0.1) is 18.6 Å². The molecule has 6 heteroatoms. The monoisotopic (exact) mass is 278 g/mol. The molecule has 4 nitrogen and oxygen atoms in total. The minimum Gasteiger partial charge on any atom is -0.477 e. The van der Waals surface area contributed by atoms with E-state index in [0.717, 1.165) is 12.1 Å². The molecule has 0 saturated heterocycles. The summed E-state index contributed by atoms with van der Waals surface area (Å²) in [7, 11) is 0. The van der Waals surface area contributed by atoms with E-state index >= 15 is 0 Å². The number of carbonyl (C=O) groups is 1. The number of benzene rings is 1. The fraction of sp³-hybridized carbons (Fsp3) is 0.143. The summed E-state index contributed by atoms with van der Waals surface area (Å²) in [5.74, 6) is -2.22. The summed E-state index contributed by atoms with van der Waals surface area (Å²) < 4.78 is 27.0. The van der Waals surface area contributed by atoms with Gasteiger partial charge in [-0.15, -0.1) is 0 Å². The zero-order valence-corrected chi connectivity index (χ0v) is 10.7. The lowest BCUT2D eigenvalue weighted by Gasteiger charge is -2.09. The maximum absolute atomic E-state index is 13.6. The van der Waals surface area contributed by atoms with E-state index in [1.54, 1.807) is 12.1 Å². The third kappa shape index (κ3) is 3.09. The standard InChI is InChI=1S/C14H12F2N2O2/c1-8-5-11(16)13(6-10(8)15)17-7-9-3-2-4-12(18-9)14(19)20/h2-6,17H,7H2,1H3,(H,19,20). The Hall–Kier alpha value is -2.50. The maximum Gasteiger partial charge on any atom is 0.354 e. The number of nitrogens with one attached hydrogen (secondary N) is 1. The summed E-state index contributed by atoms with van der Waals surface area (Å²) in [6.07, 6.45) is 0. The summed E-state index contributed by atoms with van der Waals surface area (Å²) in [6, 6.07) is 6.66. The topological polar surface area (TPSA) is 62.2 Å². The molecule has 1 aromatic carbocycles. The second kappa shape index (κ2) is 5.64. The number of hydrogen-bond acceptors (Lipinski definition) is 3. The number of hydrogen-bond donors (Lipinski definition) is 2. The van der Waals surface area contributed by atoms with E-state index in [4.69, 9.17) is 5.11 Å². The van der Waals surface area contributed by atoms with Crippen molar-refractivity contribution in [2.24, 2.45) is 0 Å². The first-order valence-electron chi connectivity index (χ1n) is 5.86. The van der Waals surface area contributed by atoms with E-state index in [1.807, 2.05) is 0 Å². The minimum atomic E-state index is -1.14. The number of rotatable bonds is 4. The molecule has 0 bridgehead atoms. The number of aryl methyl sites for hydroxylation is 1. The van der Waals surface area contributed by atoms with E-state index in [9.17, 15) is 13.6 Å². The van der Waals surface area contributed by atoms with Crippen molar-refractivity contribution in [1.82, 2.24) is 4.98 Å². The Bertz CT molecular complexity index is 660. The first-order chi connectivity index (χ1) is 9.47. The zero-order valence-electron chi connectivity index (χ0n) is 10.7. The summed E-state index contributed by atoms with van der Waals surface area (Å²) >= 11 is 0. The van der Waals surface area contributed by atoms with Crippen LogP contribution in [0.1, 0.15) is 21.7 Å². The third-order valence-corrected chi connectivity index (χ3v) is 2.73. The number of carboxylic acids is 1. The molecule has 0 atom stereocenters. The van der Waals surface area contributed by atoms with E-state index in [-0.39, 0.29) is 23.5 Å². The van der Waals surface area contributed by atoms with Gasteiger partial charge in [-0.1, -0.05) is 6.07 Å². The molecule has 0 aliphatic carbocycles. The molecule has 0 unspecified atom stereocenters. The SMILES string of the molecule is Cc1cc(F)c(NCc2cccc(C(=O)O)n2)cc1F. The van der Waals surface area contributed by atoms with Crippen molar-refractivity contribution in [1.29, 1.82) is 0 Å². The minimum absolute atomic E-state index is 0.00984. The van der Waals surface area contributed by atoms with Gasteiger partial charge in [-0.25, -0.2) is 18.6 Å². The van der Waals surface area contributed by atoms with Gasteiger partial charge in [0.25, 0.3) is 0 Å². The van der Waals surface area contributed by atoms with E-state index in [1.165, 1.54) is 13.0 Å². The van der Waals surface area contributed by atoms with Crippen molar-refractivity contribution < 1.29 is 18.7 Å². The van der Waals surface area contributed by atoms with Crippen LogP contribution in [0.2, 0.25) is 0 Å². The van der Waals surface area contributed by atoms with Crippen LogP contribution in [0.25, 0.3) is 0 Å². The number of halogens is 2. The van der Waals surface area contributed by atoms with Crippen molar-refractivity contribution in [2.45, 2.75) is 13.5 Å². The number of aromatic nitrogens is 1. The molecule has 1 aromatic heterocycles. The van der Waals surface area contributed by atoms with Crippen LogP contribution in [0.3, 0.4) is 0 Å². The average Bonchev–Trinajstić information content (AvgIpc) is 2.41. The van der Waals surface area contributed by atoms with Crippen molar-refractivity contribution in [3.05, 3.63) is 58.9 Å². The molecule has 20 heavy (non-hydrogen) atoms. The van der Waals surface area contributed by atoms with Gasteiger partial charge in [0, 0.05) is 6.07 Å². The number of carboxylic acid groups (broad SMARTS) is 1. The largest absolute Gasteiger partial charge is 0.477 e. The number of nitrogens with zero attached hydrogens (tertiary/aromatic N) is 1.